The summed E-state index contributed by atoms with van der Waals surface area (Å²) in [4.78, 5) is 52.8. The highest BCUT2D eigenvalue weighted by molar-refractivity contribution is 5.85. The van der Waals surface area contributed by atoms with Crippen LogP contribution in [-0.4, -0.2) is 100 Å². The van der Waals surface area contributed by atoms with Gasteiger partial charge in [-0.25, -0.2) is 0 Å². The fourth-order valence-corrected chi connectivity index (χ4v) is 3.58. The van der Waals surface area contributed by atoms with Gasteiger partial charge in [0.2, 0.25) is 11.8 Å². The standard InChI is InChI=1S/C28H54N4O6/c1-27(2,3)19-29-21(25(35)37-9)17-23(33)31(7)15-13-11-12-14-16-32(8)24(34)18-22(26(36)38-10)30-20-28(4,5)6/h21-22,29-30H,11-20H2,1-10H3. The third-order valence-electron chi connectivity index (χ3n) is 6.08. The number of carbonyl (C=O) groups excluding carboxylic acids is 4. The van der Waals surface area contributed by atoms with Crippen molar-refractivity contribution < 1.29 is 28.7 Å². The van der Waals surface area contributed by atoms with E-state index in [-0.39, 0.29) is 35.5 Å². The molecular weight excluding hydrogens is 488 g/mol. The van der Waals surface area contributed by atoms with Gasteiger partial charge in [0, 0.05) is 40.3 Å². The zero-order valence-electron chi connectivity index (χ0n) is 25.6. The summed E-state index contributed by atoms with van der Waals surface area (Å²) in [6.07, 6.45) is 3.62. The highest BCUT2D eigenvalue weighted by Gasteiger charge is 2.27. The minimum absolute atomic E-state index is 0.0217. The smallest absolute Gasteiger partial charge is 0.323 e. The average molecular weight is 543 g/mol. The minimum Gasteiger partial charge on any atom is -0.468 e. The van der Waals surface area contributed by atoms with Crippen molar-refractivity contribution in [2.75, 3.05) is 54.5 Å². The van der Waals surface area contributed by atoms with Crippen molar-refractivity contribution in [1.29, 1.82) is 0 Å². The maximum absolute atomic E-state index is 12.6. The Morgan fingerprint density at radius 3 is 1.21 bits per heavy atom. The zero-order chi connectivity index (χ0) is 29.5. The molecule has 38 heavy (non-hydrogen) atoms. The van der Waals surface area contributed by atoms with Crippen LogP contribution in [0.2, 0.25) is 0 Å². The molecule has 2 unspecified atom stereocenters. The van der Waals surface area contributed by atoms with E-state index in [2.05, 4.69) is 52.2 Å². The second kappa shape index (κ2) is 17.4. The molecule has 0 aliphatic carbocycles. The molecule has 0 heterocycles. The van der Waals surface area contributed by atoms with Crippen LogP contribution >= 0.6 is 0 Å². The van der Waals surface area contributed by atoms with Gasteiger partial charge in [0.05, 0.1) is 27.1 Å². The van der Waals surface area contributed by atoms with E-state index in [1.54, 1.807) is 23.9 Å². The van der Waals surface area contributed by atoms with Crippen molar-refractivity contribution in [3.05, 3.63) is 0 Å². The number of esters is 2. The molecule has 0 aliphatic heterocycles. The van der Waals surface area contributed by atoms with Crippen LogP contribution in [0.25, 0.3) is 0 Å². The van der Waals surface area contributed by atoms with Gasteiger partial charge in [0.1, 0.15) is 12.1 Å². The molecule has 2 atom stereocenters. The Morgan fingerprint density at radius 2 is 0.947 bits per heavy atom. The zero-order valence-corrected chi connectivity index (χ0v) is 25.6. The van der Waals surface area contributed by atoms with E-state index in [1.807, 2.05) is 0 Å². The number of hydrogen-bond donors (Lipinski definition) is 2. The first-order valence-corrected chi connectivity index (χ1v) is 13.6. The largest absolute Gasteiger partial charge is 0.468 e. The van der Waals surface area contributed by atoms with Gasteiger partial charge in [-0.1, -0.05) is 54.4 Å². The number of methoxy groups -OCH3 is 2. The molecule has 10 heteroatoms. The van der Waals surface area contributed by atoms with Crippen LogP contribution in [-0.2, 0) is 28.7 Å². The number of nitrogens with zero attached hydrogens (tertiary/aromatic N) is 2. The van der Waals surface area contributed by atoms with Gasteiger partial charge in [0.25, 0.3) is 0 Å². The lowest BCUT2D eigenvalue weighted by molar-refractivity contribution is -0.146. The van der Waals surface area contributed by atoms with Crippen LogP contribution in [0, 0.1) is 10.8 Å². The molecule has 2 N–H and O–H groups in total. The third kappa shape index (κ3) is 16.6. The van der Waals surface area contributed by atoms with Crippen molar-refractivity contribution >= 4 is 23.8 Å². The fraction of sp³-hybridized carbons (Fsp3) is 0.857. The predicted molar refractivity (Wildman–Crippen MR) is 149 cm³/mol. The van der Waals surface area contributed by atoms with Gasteiger partial charge in [-0.3, -0.25) is 19.2 Å². The van der Waals surface area contributed by atoms with Crippen LogP contribution in [0.5, 0.6) is 0 Å². The van der Waals surface area contributed by atoms with Crippen LogP contribution in [0.15, 0.2) is 0 Å². The Morgan fingerprint density at radius 1 is 0.632 bits per heavy atom. The summed E-state index contributed by atoms with van der Waals surface area (Å²) in [6, 6.07) is -1.32. The highest BCUT2D eigenvalue weighted by atomic mass is 16.5. The first kappa shape index (κ1) is 35.8. The van der Waals surface area contributed by atoms with Crippen molar-refractivity contribution in [2.45, 2.75) is 92.2 Å². The molecule has 0 radical (unpaired) electrons. The molecule has 0 rings (SSSR count). The summed E-state index contributed by atoms with van der Waals surface area (Å²) in [5, 5.41) is 6.30. The SMILES string of the molecule is COC(=O)C(CC(=O)N(C)CCCCCCN(C)C(=O)CC(NCC(C)(C)C)C(=O)OC)NCC(C)(C)C. The van der Waals surface area contributed by atoms with Gasteiger partial charge < -0.3 is 29.9 Å². The van der Waals surface area contributed by atoms with Gasteiger partial charge in [-0.2, -0.15) is 0 Å². The number of amides is 2. The predicted octanol–water partition coefficient (Wildman–Crippen LogP) is 2.60. The summed E-state index contributed by atoms with van der Waals surface area (Å²) >= 11 is 0. The van der Waals surface area contributed by atoms with Gasteiger partial charge >= 0.3 is 11.9 Å². The Balaban J connectivity index is 4.41. The number of nitrogens with one attached hydrogen (secondary N) is 2. The third-order valence-corrected chi connectivity index (χ3v) is 6.08. The highest BCUT2D eigenvalue weighted by Crippen LogP contribution is 2.13. The Hall–Kier alpha value is -2.20. The van der Waals surface area contributed by atoms with E-state index >= 15 is 0 Å². The van der Waals surface area contributed by atoms with Crippen LogP contribution < -0.4 is 10.6 Å². The molecule has 0 spiro atoms. The Bertz CT molecular complexity index is 683. The van der Waals surface area contributed by atoms with E-state index in [4.69, 9.17) is 9.47 Å². The molecule has 0 saturated heterocycles. The molecule has 0 aromatic heterocycles. The molecule has 2 amide bonds. The van der Waals surface area contributed by atoms with Gasteiger partial charge in [0.15, 0.2) is 0 Å². The van der Waals surface area contributed by atoms with Crippen LogP contribution in [0.3, 0.4) is 0 Å². The van der Waals surface area contributed by atoms with Crippen molar-refractivity contribution in [1.82, 2.24) is 20.4 Å². The number of rotatable bonds is 17. The van der Waals surface area contributed by atoms with Crippen LogP contribution in [0.4, 0.5) is 0 Å². The monoisotopic (exact) mass is 542 g/mol. The first-order valence-electron chi connectivity index (χ1n) is 13.6. The average Bonchev–Trinajstić information content (AvgIpc) is 2.83. The van der Waals surface area contributed by atoms with Crippen molar-refractivity contribution in [3.8, 4) is 0 Å². The minimum atomic E-state index is -0.662. The van der Waals surface area contributed by atoms with Crippen molar-refractivity contribution in [2.24, 2.45) is 10.8 Å². The number of hydrogen-bond acceptors (Lipinski definition) is 8. The summed E-state index contributed by atoms with van der Waals surface area (Å²) in [5.41, 5.74) is -0.0434. The fourth-order valence-electron chi connectivity index (χ4n) is 3.58. The van der Waals surface area contributed by atoms with Gasteiger partial charge in [-0.05, 0) is 23.7 Å². The van der Waals surface area contributed by atoms with Crippen molar-refractivity contribution in [3.63, 3.8) is 0 Å². The molecule has 0 bridgehead atoms. The second-order valence-corrected chi connectivity index (χ2v) is 12.5. The molecule has 10 nitrogen and oxygen atoms in total. The Kier molecular flexibility index (Phi) is 16.4. The number of carbonyl (C=O) groups is 4. The summed E-state index contributed by atoms with van der Waals surface area (Å²) < 4.78 is 9.71. The quantitative estimate of drug-likeness (QED) is 0.213. The maximum atomic E-state index is 12.6. The molecular formula is C28H54N4O6. The van der Waals surface area contributed by atoms with E-state index in [9.17, 15) is 19.2 Å². The molecule has 0 fully saturated rings. The lowest BCUT2D eigenvalue weighted by Gasteiger charge is -2.25. The topological polar surface area (TPSA) is 117 Å². The Labute approximate surface area is 230 Å². The van der Waals surface area contributed by atoms with E-state index in [0.29, 0.717) is 26.2 Å². The first-order chi connectivity index (χ1) is 17.5. The summed E-state index contributed by atoms with van der Waals surface area (Å²) in [5.74, 6) is -1.07. The lowest BCUT2D eigenvalue weighted by Crippen LogP contribution is -2.45. The lowest BCUT2D eigenvalue weighted by atomic mass is 9.96. The van der Waals surface area contributed by atoms with Crippen LogP contribution in [0.1, 0.15) is 80.1 Å². The van der Waals surface area contributed by atoms with Gasteiger partial charge in [-0.15, -0.1) is 0 Å². The number of unbranched alkanes of at least 4 members (excludes halogenated alkanes) is 3. The molecule has 222 valence electrons. The molecule has 0 aliphatic rings. The summed E-state index contributed by atoms with van der Waals surface area (Å²) in [7, 11) is 6.15. The summed E-state index contributed by atoms with van der Waals surface area (Å²) in [6.45, 7) is 14.7. The molecule has 0 saturated carbocycles. The molecule has 0 aromatic carbocycles. The normalized spacial score (nSPS) is 13.4. The maximum Gasteiger partial charge on any atom is 0.323 e. The molecule has 0 aromatic rings. The second-order valence-electron chi connectivity index (χ2n) is 12.5. The van der Waals surface area contributed by atoms with E-state index in [0.717, 1.165) is 25.7 Å². The van der Waals surface area contributed by atoms with E-state index in [1.165, 1.54) is 14.2 Å². The number of ether oxygens (including phenoxy) is 2. The van der Waals surface area contributed by atoms with E-state index < -0.39 is 24.0 Å².